The number of nitrogens with zero attached hydrogens (tertiary/aromatic N) is 3. The summed E-state index contributed by atoms with van der Waals surface area (Å²) in [6.45, 7) is 14.7. The molecule has 0 aromatic carbocycles. The zero-order valence-electron chi connectivity index (χ0n) is 31.8. The van der Waals surface area contributed by atoms with Crippen molar-refractivity contribution in [3.05, 3.63) is 30.1 Å². The first-order valence-corrected chi connectivity index (χ1v) is 18.0. The zero-order chi connectivity index (χ0) is 36.8. The van der Waals surface area contributed by atoms with Crippen LogP contribution in [0.2, 0.25) is 0 Å². The molecule has 0 saturated carbocycles. The molecule has 12 nitrogen and oxygen atoms in total. The van der Waals surface area contributed by atoms with Crippen LogP contribution in [0.1, 0.15) is 79.7 Å². The number of likely N-dealkylation sites (tertiary alicyclic amines) is 1. The normalized spacial score (nSPS) is 19.1. The van der Waals surface area contributed by atoms with Gasteiger partial charge in [-0.2, -0.15) is 0 Å². The van der Waals surface area contributed by atoms with Gasteiger partial charge in [-0.15, -0.1) is 0 Å². The van der Waals surface area contributed by atoms with E-state index < -0.39 is 36.3 Å². The number of nitrogens with one attached hydrogen (secondary N) is 3. The van der Waals surface area contributed by atoms with E-state index in [1.807, 2.05) is 51.7 Å². The maximum Gasteiger partial charge on any atom is 0.245 e. The maximum absolute atomic E-state index is 14.1. The molecule has 2 rings (SSSR count). The smallest absolute Gasteiger partial charge is 0.245 e. The maximum atomic E-state index is 14.1. The van der Waals surface area contributed by atoms with Crippen LogP contribution in [0.3, 0.4) is 0 Å². The van der Waals surface area contributed by atoms with Gasteiger partial charge in [-0.1, -0.05) is 54.9 Å². The van der Waals surface area contributed by atoms with E-state index in [9.17, 15) is 19.2 Å². The van der Waals surface area contributed by atoms with Crippen LogP contribution in [0.4, 0.5) is 0 Å². The van der Waals surface area contributed by atoms with Crippen molar-refractivity contribution in [3.63, 3.8) is 0 Å². The average molecular weight is 689 g/mol. The Morgan fingerprint density at radius 1 is 0.980 bits per heavy atom. The summed E-state index contributed by atoms with van der Waals surface area (Å²) in [4.78, 5) is 62.0. The second kappa shape index (κ2) is 20.6. The highest BCUT2D eigenvalue weighted by molar-refractivity contribution is 5.90. The van der Waals surface area contributed by atoms with Crippen molar-refractivity contribution in [2.75, 3.05) is 41.4 Å². The number of carbonyl (C=O) groups is 4. The van der Waals surface area contributed by atoms with Crippen LogP contribution < -0.4 is 16.0 Å². The van der Waals surface area contributed by atoms with Gasteiger partial charge in [0.15, 0.2) is 0 Å². The topological polar surface area (TPSA) is 142 Å². The van der Waals surface area contributed by atoms with E-state index in [-0.39, 0.29) is 53.8 Å². The quantitative estimate of drug-likeness (QED) is 0.190. The molecule has 1 aromatic heterocycles. The fraction of sp³-hybridized carbons (Fsp3) is 0.757. The first-order chi connectivity index (χ1) is 23.2. The third kappa shape index (κ3) is 11.5. The number of aromatic nitrogens is 1. The highest BCUT2D eigenvalue weighted by Gasteiger charge is 2.43. The van der Waals surface area contributed by atoms with Gasteiger partial charge in [0.25, 0.3) is 0 Å². The summed E-state index contributed by atoms with van der Waals surface area (Å²) < 4.78 is 11.9. The van der Waals surface area contributed by atoms with Crippen molar-refractivity contribution in [2.24, 2.45) is 23.7 Å². The second-order valence-electron chi connectivity index (χ2n) is 14.2. The molecular formula is C37H64N6O6. The molecule has 3 N–H and O–H groups in total. The summed E-state index contributed by atoms with van der Waals surface area (Å²) in [6.07, 6.45) is 5.45. The fourth-order valence-electron chi connectivity index (χ4n) is 7.09. The SMILES string of the molecule is CC[C@H](C)[C@@H]([C@@H](CC(=O)N1CCC[C@H]1[C@H](OC)[C@@H](C)C(=O)NCCc1ccncc1)OC)N(C)C(=O)C(NC(=O)[C@@H](NC)C(C)C)C(C)C. The first-order valence-electron chi connectivity index (χ1n) is 18.0. The van der Waals surface area contributed by atoms with E-state index >= 15 is 0 Å². The van der Waals surface area contributed by atoms with E-state index in [0.29, 0.717) is 19.5 Å². The van der Waals surface area contributed by atoms with Crippen molar-refractivity contribution < 1.29 is 28.7 Å². The first kappa shape index (κ1) is 42.1. The van der Waals surface area contributed by atoms with Crippen LogP contribution in [0, 0.1) is 23.7 Å². The molecule has 0 bridgehead atoms. The molecule has 12 heteroatoms. The van der Waals surface area contributed by atoms with Crippen molar-refractivity contribution >= 4 is 23.6 Å². The number of methoxy groups -OCH3 is 2. The minimum absolute atomic E-state index is 0.00732. The van der Waals surface area contributed by atoms with Gasteiger partial charge >= 0.3 is 0 Å². The summed E-state index contributed by atoms with van der Waals surface area (Å²) in [6, 6.07) is 2.00. The molecule has 278 valence electrons. The number of rotatable bonds is 20. The Bertz CT molecular complexity index is 1180. The third-order valence-corrected chi connectivity index (χ3v) is 10.2. The number of pyridine rings is 1. The standard InChI is InChI=1S/C37H64N6O6/c1-12-25(6)33(42(9)37(47)32(24(4)5)41-36(46)31(38-8)23(2)3)29(48-10)22-30(44)43-21-13-14-28(43)34(49-11)26(7)35(45)40-20-17-27-15-18-39-19-16-27/h15-16,18-19,23-26,28-29,31-34,38H,12-14,17,20-22H2,1-11H3,(H,40,45)(H,41,46)/t25-,26+,28-,29+,31-,32?,33-,34+/m0/s1. The lowest BCUT2D eigenvalue weighted by Gasteiger charge is -2.41. The van der Waals surface area contributed by atoms with Gasteiger partial charge in [0.1, 0.15) is 6.04 Å². The van der Waals surface area contributed by atoms with E-state index in [1.165, 1.54) is 0 Å². The summed E-state index contributed by atoms with van der Waals surface area (Å²) in [5.41, 5.74) is 1.09. The lowest BCUT2D eigenvalue weighted by molar-refractivity contribution is -0.147. The minimum atomic E-state index is -0.741. The van der Waals surface area contributed by atoms with Crippen LogP contribution in [-0.4, -0.2) is 116 Å². The van der Waals surface area contributed by atoms with Gasteiger partial charge in [0.2, 0.25) is 23.6 Å². The van der Waals surface area contributed by atoms with Gasteiger partial charge in [-0.05, 0) is 61.8 Å². The van der Waals surface area contributed by atoms with E-state index in [2.05, 4.69) is 34.8 Å². The monoisotopic (exact) mass is 688 g/mol. The molecule has 1 fully saturated rings. The van der Waals surface area contributed by atoms with E-state index in [0.717, 1.165) is 24.8 Å². The summed E-state index contributed by atoms with van der Waals surface area (Å²) in [5, 5.41) is 9.07. The van der Waals surface area contributed by atoms with E-state index in [1.54, 1.807) is 45.6 Å². The van der Waals surface area contributed by atoms with Gasteiger partial charge < -0.3 is 35.2 Å². The van der Waals surface area contributed by atoms with Crippen molar-refractivity contribution in [2.45, 2.75) is 117 Å². The number of ether oxygens (including phenoxy) is 2. The molecule has 0 spiro atoms. The molecule has 4 amide bonds. The minimum Gasteiger partial charge on any atom is -0.379 e. The Balaban J connectivity index is 2.20. The molecule has 8 atom stereocenters. The molecule has 1 aromatic rings. The molecule has 0 aliphatic carbocycles. The molecule has 1 saturated heterocycles. The number of carbonyl (C=O) groups excluding carboxylic acids is 4. The largest absolute Gasteiger partial charge is 0.379 e. The summed E-state index contributed by atoms with van der Waals surface area (Å²) in [7, 11) is 6.64. The molecular weight excluding hydrogens is 624 g/mol. The Hall–Kier alpha value is -3.09. The van der Waals surface area contributed by atoms with Crippen molar-refractivity contribution in [1.82, 2.24) is 30.7 Å². The summed E-state index contributed by atoms with van der Waals surface area (Å²) >= 11 is 0. The predicted octanol–water partition coefficient (Wildman–Crippen LogP) is 3.05. The molecule has 1 aliphatic heterocycles. The number of hydrogen-bond donors (Lipinski definition) is 3. The molecule has 1 unspecified atom stereocenters. The number of likely N-dealkylation sites (N-methyl/N-ethyl adjacent to an activating group) is 2. The molecule has 2 heterocycles. The molecule has 49 heavy (non-hydrogen) atoms. The fourth-order valence-corrected chi connectivity index (χ4v) is 7.09. The predicted molar refractivity (Wildman–Crippen MR) is 192 cm³/mol. The Kier molecular flexibility index (Phi) is 17.6. The highest BCUT2D eigenvalue weighted by atomic mass is 16.5. The Labute approximate surface area is 294 Å². The Morgan fingerprint density at radius 3 is 2.14 bits per heavy atom. The van der Waals surface area contributed by atoms with Gasteiger partial charge in [-0.25, -0.2) is 0 Å². The van der Waals surface area contributed by atoms with Crippen LogP contribution >= 0.6 is 0 Å². The lowest BCUT2D eigenvalue weighted by atomic mass is 9.89. The lowest BCUT2D eigenvalue weighted by Crippen LogP contribution is -2.59. The van der Waals surface area contributed by atoms with Gasteiger partial charge in [-0.3, -0.25) is 24.2 Å². The van der Waals surface area contributed by atoms with Crippen LogP contribution in [-0.2, 0) is 35.1 Å². The molecule has 0 radical (unpaired) electrons. The number of amides is 4. The van der Waals surface area contributed by atoms with Gasteiger partial charge in [0.05, 0.1) is 42.7 Å². The molecule has 1 aliphatic rings. The van der Waals surface area contributed by atoms with Crippen molar-refractivity contribution in [1.29, 1.82) is 0 Å². The highest BCUT2D eigenvalue weighted by Crippen LogP contribution is 2.29. The third-order valence-electron chi connectivity index (χ3n) is 10.2. The second-order valence-corrected chi connectivity index (χ2v) is 14.2. The van der Waals surface area contributed by atoms with Crippen LogP contribution in [0.5, 0.6) is 0 Å². The van der Waals surface area contributed by atoms with E-state index in [4.69, 9.17) is 9.47 Å². The van der Waals surface area contributed by atoms with Crippen LogP contribution in [0.15, 0.2) is 24.5 Å². The zero-order valence-corrected chi connectivity index (χ0v) is 31.8. The number of hydrogen-bond acceptors (Lipinski definition) is 8. The average Bonchev–Trinajstić information content (AvgIpc) is 3.56. The van der Waals surface area contributed by atoms with Crippen molar-refractivity contribution in [3.8, 4) is 0 Å². The Morgan fingerprint density at radius 2 is 1.61 bits per heavy atom. The van der Waals surface area contributed by atoms with Crippen LogP contribution in [0.25, 0.3) is 0 Å². The summed E-state index contributed by atoms with van der Waals surface area (Å²) in [5.74, 6) is -1.24. The van der Waals surface area contributed by atoms with Gasteiger partial charge in [0, 0.05) is 46.8 Å².